The number of amides is 1. The van der Waals surface area contributed by atoms with E-state index in [1.165, 1.54) is 18.5 Å². The van der Waals surface area contributed by atoms with Gasteiger partial charge in [0.15, 0.2) is 0 Å². The van der Waals surface area contributed by atoms with Gasteiger partial charge in [0.25, 0.3) is 0 Å². The van der Waals surface area contributed by atoms with Gasteiger partial charge in [0.05, 0.1) is 11.9 Å². The lowest BCUT2D eigenvalue weighted by molar-refractivity contribution is -0.192. The van der Waals surface area contributed by atoms with Gasteiger partial charge < -0.3 is 10.4 Å². The normalized spacial score (nSPS) is 11.2. The highest BCUT2D eigenvalue weighted by atomic mass is 19.4. The van der Waals surface area contributed by atoms with E-state index in [4.69, 9.17) is 9.90 Å². The Morgan fingerprint density at radius 1 is 1.14 bits per heavy atom. The molecule has 0 saturated heterocycles. The number of nitrogens with one attached hydrogen (secondary N) is 1. The van der Waals surface area contributed by atoms with Crippen molar-refractivity contribution >= 4 is 17.6 Å². The molecule has 11 heteroatoms. The Balaban J connectivity index is 0.000000486. The SMILES string of the molecule is Cc1ccncc1NC(=O)C(F)(F)F.O=C(O)C(F)(F)F. The summed E-state index contributed by atoms with van der Waals surface area (Å²) in [5.41, 5.74) is 0.590. The Bertz CT molecular complexity index is 512. The molecule has 0 bridgehead atoms. The number of aliphatic carboxylic acids is 1. The molecule has 1 amide bonds. The Morgan fingerprint density at radius 3 is 1.95 bits per heavy atom. The van der Waals surface area contributed by atoms with E-state index >= 15 is 0 Å². The van der Waals surface area contributed by atoms with Crippen LogP contribution in [0, 0.1) is 6.92 Å². The molecule has 0 aromatic carbocycles. The minimum Gasteiger partial charge on any atom is -0.475 e. The molecule has 5 nitrogen and oxygen atoms in total. The number of rotatable bonds is 1. The molecule has 0 fully saturated rings. The van der Waals surface area contributed by atoms with Crippen molar-refractivity contribution in [1.29, 1.82) is 0 Å². The van der Waals surface area contributed by atoms with Crippen LogP contribution in [0.25, 0.3) is 0 Å². The van der Waals surface area contributed by atoms with E-state index in [2.05, 4.69) is 4.98 Å². The second-order valence-electron chi connectivity index (χ2n) is 3.45. The van der Waals surface area contributed by atoms with Crippen LogP contribution in [0.1, 0.15) is 5.56 Å². The number of aryl methyl sites for hydroxylation is 1. The first kappa shape index (κ1) is 18.7. The molecule has 2 N–H and O–H groups in total. The van der Waals surface area contributed by atoms with Gasteiger partial charge in [-0.05, 0) is 18.6 Å². The molecule has 118 valence electrons. The van der Waals surface area contributed by atoms with Crippen molar-refractivity contribution in [3.8, 4) is 0 Å². The molecule has 0 unspecified atom stereocenters. The number of anilines is 1. The summed E-state index contributed by atoms with van der Waals surface area (Å²) in [4.78, 5) is 23.0. The van der Waals surface area contributed by atoms with E-state index in [0.29, 0.717) is 5.56 Å². The van der Waals surface area contributed by atoms with E-state index < -0.39 is 24.2 Å². The van der Waals surface area contributed by atoms with Gasteiger partial charge in [0.1, 0.15) is 0 Å². The van der Waals surface area contributed by atoms with Crippen molar-refractivity contribution in [1.82, 2.24) is 4.98 Å². The lowest BCUT2D eigenvalue weighted by Crippen LogP contribution is -2.30. The number of hydrogen-bond acceptors (Lipinski definition) is 3. The van der Waals surface area contributed by atoms with Crippen LogP contribution in [-0.2, 0) is 9.59 Å². The maximum absolute atomic E-state index is 11.8. The highest BCUT2D eigenvalue weighted by Crippen LogP contribution is 2.19. The maximum Gasteiger partial charge on any atom is 0.490 e. The molecule has 1 aromatic heterocycles. The van der Waals surface area contributed by atoms with Gasteiger partial charge in [-0.1, -0.05) is 0 Å². The zero-order chi connectivity index (χ0) is 16.8. The molecule has 1 heterocycles. The molecule has 0 saturated carbocycles. The lowest BCUT2D eigenvalue weighted by Gasteiger charge is -2.08. The molecule has 0 aliphatic carbocycles. The fourth-order valence-corrected chi connectivity index (χ4v) is 0.788. The van der Waals surface area contributed by atoms with Crippen LogP contribution in [-0.4, -0.2) is 34.3 Å². The number of aromatic nitrogens is 1. The van der Waals surface area contributed by atoms with Gasteiger partial charge in [-0.3, -0.25) is 9.78 Å². The Labute approximate surface area is 113 Å². The highest BCUT2D eigenvalue weighted by Gasteiger charge is 2.39. The molecule has 0 spiro atoms. The molecule has 0 atom stereocenters. The molecule has 1 aromatic rings. The topological polar surface area (TPSA) is 79.3 Å². The first-order valence-electron chi connectivity index (χ1n) is 4.94. The number of halogens is 6. The average molecular weight is 318 g/mol. The van der Waals surface area contributed by atoms with E-state index in [1.54, 1.807) is 12.2 Å². The molecular weight excluding hydrogens is 310 g/mol. The number of carboxylic acid groups (broad SMARTS) is 1. The van der Waals surface area contributed by atoms with Gasteiger partial charge in [-0.15, -0.1) is 0 Å². The molecule has 0 aliphatic rings. The predicted octanol–water partition coefficient (Wildman–Crippen LogP) is 2.52. The van der Waals surface area contributed by atoms with Crippen LogP contribution in [0.4, 0.5) is 32.0 Å². The first-order valence-corrected chi connectivity index (χ1v) is 4.94. The van der Waals surface area contributed by atoms with Crippen molar-refractivity contribution in [3.05, 3.63) is 24.0 Å². The third-order valence-electron chi connectivity index (χ3n) is 1.79. The van der Waals surface area contributed by atoms with Crippen LogP contribution in [0.2, 0.25) is 0 Å². The van der Waals surface area contributed by atoms with Gasteiger partial charge in [0, 0.05) is 6.20 Å². The fraction of sp³-hybridized carbons (Fsp3) is 0.300. The minimum atomic E-state index is -5.08. The largest absolute Gasteiger partial charge is 0.490 e. The second-order valence-corrected chi connectivity index (χ2v) is 3.45. The second kappa shape index (κ2) is 6.90. The zero-order valence-electron chi connectivity index (χ0n) is 10.2. The maximum atomic E-state index is 11.8. The first-order chi connectivity index (χ1) is 9.35. The monoisotopic (exact) mass is 318 g/mol. The van der Waals surface area contributed by atoms with Crippen LogP contribution in [0.15, 0.2) is 18.5 Å². The van der Waals surface area contributed by atoms with E-state index in [-0.39, 0.29) is 5.69 Å². The minimum absolute atomic E-state index is 0.0647. The lowest BCUT2D eigenvalue weighted by atomic mass is 10.2. The fourth-order valence-electron chi connectivity index (χ4n) is 0.788. The zero-order valence-corrected chi connectivity index (χ0v) is 10.2. The average Bonchev–Trinajstić information content (AvgIpc) is 2.30. The van der Waals surface area contributed by atoms with Crippen LogP contribution >= 0.6 is 0 Å². The van der Waals surface area contributed by atoms with E-state index in [0.717, 1.165) is 0 Å². The Hall–Kier alpha value is -2.33. The van der Waals surface area contributed by atoms with Crippen molar-refractivity contribution in [2.24, 2.45) is 0 Å². The van der Waals surface area contributed by atoms with E-state index in [1.807, 2.05) is 0 Å². The number of carboxylic acids is 1. The summed E-state index contributed by atoms with van der Waals surface area (Å²) in [5, 5.41) is 8.85. The van der Waals surface area contributed by atoms with Gasteiger partial charge in [-0.2, -0.15) is 26.3 Å². The van der Waals surface area contributed by atoms with Gasteiger partial charge >= 0.3 is 24.2 Å². The highest BCUT2D eigenvalue weighted by molar-refractivity contribution is 5.95. The molecule has 0 radical (unpaired) electrons. The molecule has 0 aliphatic heterocycles. The summed E-state index contributed by atoms with van der Waals surface area (Å²) >= 11 is 0. The Morgan fingerprint density at radius 2 is 1.62 bits per heavy atom. The summed E-state index contributed by atoms with van der Waals surface area (Å²) in [6.45, 7) is 1.58. The summed E-state index contributed by atoms with van der Waals surface area (Å²) in [5.74, 6) is -4.75. The third-order valence-corrected chi connectivity index (χ3v) is 1.79. The van der Waals surface area contributed by atoms with E-state index in [9.17, 15) is 31.1 Å². The summed E-state index contributed by atoms with van der Waals surface area (Å²) in [6.07, 6.45) is -7.36. The molecule has 1 rings (SSSR count). The number of alkyl halides is 6. The summed E-state index contributed by atoms with van der Waals surface area (Å²) < 4.78 is 67.2. The number of pyridine rings is 1. The van der Waals surface area contributed by atoms with Crippen LogP contribution in [0.3, 0.4) is 0 Å². The van der Waals surface area contributed by atoms with Crippen molar-refractivity contribution in [2.45, 2.75) is 19.3 Å². The third kappa shape index (κ3) is 7.13. The smallest absolute Gasteiger partial charge is 0.475 e. The predicted molar refractivity (Wildman–Crippen MR) is 57.3 cm³/mol. The quantitative estimate of drug-likeness (QED) is 0.780. The van der Waals surface area contributed by atoms with Crippen LogP contribution in [0.5, 0.6) is 0 Å². The number of nitrogens with zero attached hydrogens (tertiary/aromatic N) is 1. The summed E-state index contributed by atoms with van der Waals surface area (Å²) in [6, 6.07) is 1.51. The standard InChI is InChI=1S/C8H7F3N2O.C2HF3O2/c1-5-2-3-12-4-6(5)13-7(14)8(9,10)11;3-2(4,5)1(6)7/h2-4H,1H3,(H,13,14);(H,6,7). The summed E-state index contributed by atoms with van der Waals surface area (Å²) in [7, 11) is 0. The number of carbonyl (C=O) groups excluding carboxylic acids is 1. The number of carbonyl (C=O) groups is 2. The number of hydrogen-bond donors (Lipinski definition) is 2. The van der Waals surface area contributed by atoms with Crippen molar-refractivity contribution in [2.75, 3.05) is 5.32 Å². The molecule has 21 heavy (non-hydrogen) atoms. The van der Waals surface area contributed by atoms with Gasteiger partial charge in [-0.25, -0.2) is 4.79 Å². The van der Waals surface area contributed by atoms with Crippen molar-refractivity contribution < 1.29 is 41.0 Å². The molecular formula is C10H8F6N2O3. The van der Waals surface area contributed by atoms with Crippen LogP contribution < -0.4 is 5.32 Å². The van der Waals surface area contributed by atoms with Crippen molar-refractivity contribution in [3.63, 3.8) is 0 Å². The van der Waals surface area contributed by atoms with Gasteiger partial charge in [0.2, 0.25) is 0 Å². The Kier molecular flexibility index (Phi) is 6.14.